The van der Waals surface area contributed by atoms with Crippen LogP contribution in [-0.4, -0.2) is 12.1 Å². The van der Waals surface area contributed by atoms with Crippen molar-refractivity contribution < 1.29 is 14.3 Å². The Balaban J connectivity index is 0.00000300. The summed E-state index contributed by atoms with van der Waals surface area (Å²) in [6, 6.07) is 22.4. The first-order valence-corrected chi connectivity index (χ1v) is 9.17. The van der Waals surface area contributed by atoms with Crippen LogP contribution < -0.4 is 9.47 Å². The topological polar surface area (TPSA) is 35.5 Å². The van der Waals surface area contributed by atoms with Gasteiger partial charge in [-0.1, -0.05) is 30.2 Å². The van der Waals surface area contributed by atoms with Gasteiger partial charge in [-0.3, -0.25) is 0 Å². The van der Waals surface area contributed by atoms with E-state index in [2.05, 4.69) is 11.8 Å². The van der Waals surface area contributed by atoms with E-state index in [-0.39, 0.29) is 25.6 Å². The van der Waals surface area contributed by atoms with Crippen molar-refractivity contribution in [1.29, 1.82) is 0 Å². The Morgan fingerprint density at radius 2 is 1.31 bits per heavy atom. The third-order valence-corrected chi connectivity index (χ3v) is 4.01. The summed E-state index contributed by atoms with van der Waals surface area (Å²) in [4.78, 5) is 12.3. The number of ether oxygens (including phenoxy) is 2. The fourth-order valence-electron chi connectivity index (χ4n) is 2.71. The molecule has 0 aromatic heterocycles. The molecule has 0 saturated heterocycles. The summed E-state index contributed by atoms with van der Waals surface area (Å²) in [6.45, 7) is 5.78. The maximum Gasteiger partial charge on any atom is 0.343 e. The summed E-state index contributed by atoms with van der Waals surface area (Å²) < 4.78 is 11.1. The molecule has 0 bridgehead atoms. The molecule has 3 rings (SSSR count). The molecule has 0 unspecified atom stereocenters. The number of carbonyl (C=O) groups excluding carboxylic acids is 1. The molecule has 3 aromatic rings. The zero-order chi connectivity index (χ0) is 19.9. The van der Waals surface area contributed by atoms with Gasteiger partial charge in [0, 0.05) is 5.56 Å². The van der Waals surface area contributed by atoms with Crippen molar-refractivity contribution >= 4 is 19.5 Å². The fourth-order valence-corrected chi connectivity index (χ4v) is 2.71. The van der Waals surface area contributed by atoms with E-state index in [0.29, 0.717) is 11.3 Å². The highest BCUT2D eigenvalue weighted by molar-refractivity contribution is 7.59. The monoisotopic (exact) mass is 404 g/mol. The normalized spacial score (nSPS) is 9.79. The van der Waals surface area contributed by atoms with Crippen molar-refractivity contribution in [2.75, 3.05) is 0 Å². The molecule has 0 aliphatic rings. The van der Waals surface area contributed by atoms with Crippen LogP contribution in [0.1, 0.15) is 36.7 Å². The molecule has 0 N–H and O–H groups in total. The third kappa shape index (κ3) is 6.17. The zero-order valence-corrected chi connectivity index (χ0v) is 17.7. The lowest BCUT2D eigenvalue weighted by molar-refractivity contribution is 0.0735. The summed E-state index contributed by atoms with van der Waals surface area (Å²) in [5.41, 5.74) is 3.47. The highest BCUT2D eigenvalue weighted by atomic mass is 32.1. The SMILES string of the molecule is CC#Cc1ccc(C(=O)Oc2ccc(-c3ccc(OC(C)C)cc3)cc2)cc1.S. The van der Waals surface area contributed by atoms with Crippen LogP contribution in [-0.2, 0) is 0 Å². The molecule has 0 radical (unpaired) electrons. The molecule has 0 aliphatic carbocycles. The largest absolute Gasteiger partial charge is 0.491 e. The first-order valence-electron chi connectivity index (χ1n) is 9.17. The second-order valence-electron chi connectivity index (χ2n) is 6.56. The third-order valence-electron chi connectivity index (χ3n) is 4.01. The molecule has 4 heteroatoms. The van der Waals surface area contributed by atoms with Gasteiger partial charge in [0.05, 0.1) is 11.7 Å². The number of hydrogen-bond donors (Lipinski definition) is 0. The summed E-state index contributed by atoms with van der Waals surface area (Å²) in [5, 5.41) is 0. The van der Waals surface area contributed by atoms with Crippen LogP contribution in [0.3, 0.4) is 0 Å². The molecule has 0 fully saturated rings. The van der Waals surface area contributed by atoms with Gasteiger partial charge >= 0.3 is 5.97 Å². The van der Waals surface area contributed by atoms with Gasteiger partial charge in [-0.25, -0.2) is 4.79 Å². The molecule has 148 valence electrons. The molecule has 0 aliphatic heterocycles. The van der Waals surface area contributed by atoms with E-state index >= 15 is 0 Å². The van der Waals surface area contributed by atoms with E-state index in [1.54, 1.807) is 31.2 Å². The molecule has 0 saturated carbocycles. The number of benzene rings is 3. The van der Waals surface area contributed by atoms with Gasteiger partial charge in [0.25, 0.3) is 0 Å². The van der Waals surface area contributed by atoms with Gasteiger partial charge in [0.1, 0.15) is 11.5 Å². The van der Waals surface area contributed by atoms with Crippen LogP contribution in [0.2, 0.25) is 0 Å². The lowest BCUT2D eigenvalue weighted by Crippen LogP contribution is -2.08. The van der Waals surface area contributed by atoms with Gasteiger partial charge in [0.15, 0.2) is 0 Å². The van der Waals surface area contributed by atoms with E-state index in [1.165, 1.54) is 0 Å². The zero-order valence-electron chi connectivity index (χ0n) is 16.7. The molecular weight excluding hydrogens is 380 g/mol. The van der Waals surface area contributed by atoms with E-state index < -0.39 is 0 Å². The van der Waals surface area contributed by atoms with Gasteiger partial charge in [0.2, 0.25) is 0 Å². The molecule has 3 nitrogen and oxygen atoms in total. The average molecular weight is 405 g/mol. The Labute approximate surface area is 179 Å². The number of carbonyl (C=O) groups is 1. The minimum Gasteiger partial charge on any atom is -0.491 e. The molecule has 3 aromatic carbocycles. The second kappa shape index (κ2) is 10.4. The van der Waals surface area contributed by atoms with Crippen LogP contribution in [0.25, 0.3) is 11.1 Å². The highest BCUT2D eigenvalue weighted by Crippen LogP contribution is 2.25. The summed E-state index contributed by atoms with van der Waals surface area (Å²) >= 11 is 0. The molecular formula is C25H24O3S. The Bertz CT molecular complexity index is 993. The van der Waals surface area contributed by atoms with Crippen LogP contribution in [0.4, 0.5) is 0 Å². The van der Waals surface area contributed by atoms with Gasteiger partial charge in [-0.2, -0.15) is 13.5 Å². The van der Waals surface area contributed by atoms with Crippen molar-refractivity contribution in [2.45, 2.75) is 26.9 Å². The maximum absolute atomic E-state index is 12.3. The van der Waals surface area contributed by atoms with Crippen molar-refractivity contribution in [3.63, 3.8) is 0 Å². The quantitative estimate of drug-likeness (QED) is 0.304. The highest BCUT2D eigenvalue weighted by Gasteiger charge is 2.09. The van der Waals surface area contributed by atoms with Crippen molar-refractivity contribution in [3.05, 3.63) is 83.9 Å². The van der Waals surface area contributed by atoms with Crippen molar-refractivity contribution in [3.8, 4) is 34.5 Å². The number of hydrogen-bond acceptors (Lipinski definition) is 3. The van der Waals surface area contributed by atoms with E-state index in [1.807, 2.05) is 62.4 Å². The minimum absolute atomic E-state index is 0. The Kier molecular flexibility index (Phi) is 7.94. The van der Waals surface area contributed by atoms with Crippen molar-refractivity contribution in [1.82, 2.24) is 0 Å². The minimum atomic E-state index is -0.390. The first-order chi connectivity index (χ1) is 13.5. The second-order valence-corrected chi connectivity index (χ2v) is 6.56. The molecule has 0 amide bonds. The van der Waals surface area contributed by atoms with Crippen LogP contribution in [0, 0.1) is 11.8 Å². The lowest BCUT2D eigenvalue weighted by Gasteiger charge is -2.10. The summed E-state index contributed by atoms with van der Waals surface area (Å²) in [6.07, 6.45) is 0.149. The van der Waals surface area contributed by atoms with Gasteiger partial charge in [-0.15, -0.1) is 5.92 Å². The standard InChI is InChI=1S/C25H22O3.H2S/c1-4-5-19-6-8-22(9-7-19)25(26)28-24-16-12-21(13-17-24)20-10-14-23(15-11-20)27-18(2)3;/h6-18H,1-3H3;1H2. The lowest BCUT2D eigenvalue weighted by atomic mass is 10.1. The Morgan fingerprint density at radius 3 is 1.79 bits per heavy atom. The average Bonchev–Trinajstić information content (AvgIpc) is 2.69. The predicted molar refractivity (Wildman–Crippen MR) is 122 cm³/mol. The van der Waals surface area contributed by atoms with E-state index in [9.17, 15) is 4.79 Å². The first kappa shape index (κ1) is 22.1. The fraction of sp³-hybridized carbons (Fsp3) is 0.160. The molecule has 0 heterocycles. The van der Waals surface area contributed by atoms with Crippen LogP contribution in [0.15, 0.2) is 72.8 Å². The van der Waals surface area contributed by atoms with E-state index in [4.69, 9.17) is 9.47 Å². The molecule has 0 spiro atoms. The summed E-state index contributed by atoms with van der Waals surface area (Å²) in [5.74, 6) is 6.74. The van der Waals surface area contributed by atoms with Crippen LogP contribution in [0.5, 0.6) is 11.5 Å². The van der Waals surface area contributed by atoms with E-state index in [0.717, 1.165) is 22.4 Å². The molecule has 29 heavy (non-hydrogen) atoms. The molecule has 0 atom stereocenters. The number of esters is 1. The Morgan fingerprint density at radius 1 is 0.793 bits per heavy atom. The predicted octanol–water partition coefficient (Wildman–Crippen LogP) is 5.84. The summed E-state index contributed by atoms with van der Waals surface area (Å²) in [7, 11) is 0. The van der Waals surface area contributed by atoms with Gasteiger partial charge < -0.3 is 9.47 Å². The van der Waals surface area contributed by atoms with Crippen molar-refractivity contribution in [2.24, 2.45) is 0 Å². The maximum atomic E-state index is 12.3. The Hall–Kier alpha value is -3.16. The number of rotatable bonds is 5. The van der Waals surface area contributed by atoms with Crippen LogP contribution >= 0.6 is 13.5 Å². The smallest absolute Gasteiger partial charge is 0.343 e. The van der Waals surface area contributed by atoms with Gasteiger partial charge in [-0.05, 0) is 80.4 Å².